The van der Waals surface area contributed by atoms with Crippen LogP contribution in [-0.4, -0.2) is 60.7 Å². The zero-order valence-electron chi connectivity index (χ0n) is 17.2. The van der Waals surface area contributed by atoms with Crippen LogP contribution in [0.25, 0.3) is 0 Å². The first kappa shape index (κ1) is 29.5. The minimum Gasteiger partial charge on any atom is -0.465 e. The molecule has 1 aromatic rings. The van der Waals surface area contributed by atoms with Gasteiger partial charge in [-0.1, -0.05) is 0 Å². The summed E-state index contributed by atoms with van der Waals surface area (Å²) >= 11 is 8.32. The van der Waals surface area contributed by atoms with Crippen molar-refractivity contribution in [3.63, 3.8) is 0 Å². The summed E-state index contributed by atoms with van der Waals surface area (Å²) in [5, 5.41) is -5.75. The average molecular weight is 988 g/mol. The first-order chi connectivity index (χ1) is 16.4. The third-order valence-corrected chi connectivity index (χ3v) is 14.2. The Bertz CT molecular complexity index is 1260. The van der Waals surface area contributed by atoms with Gasteiger partial charge >= 0.3 is 33.2 Å². The molecule has 1 N–H and O–H groups in total. The summed E-state index contributed by atoms with van der Waals surface area (Å²) in [6.45, 7) is -1.23. The minimum atomic E-state index is -6.39. The van der Waals surface area contributed by atoms with Gasteiger partial charge in [0.1, 0.15) is 11.7 Å². The van der Waals surface area contributed by atoms with E-state index in [4.69, 9.17) is 18.8 Å². The summed E-state index contributed by atoms with van der Waals surface area (Å²) in [5.41, 5.74) is 0.275. The van der Waals surface area contributed by atoms with Crippen LogP contribution < -0.4 is 4.74 Å². The molecule has 4 rings (SSSR count). The molecule has 1 spiro atoms. The lowest BCUT2D eigenvalue weighted by Crippen LogP contribution is -2.54. The second-order valence-corrected chi connectivity index (χ2v) is 13.9. The Morgan fingerprint density at radius 2 is 1.69 bits per heavy atom. The van der Waals surface area contributed by atoms with Crippen LogP contribution in [0.4, 0.5) is 17.6 Å². The highest BCUT2D eigenvalue weighted by molar-refractivity contribution is 14.1. The summed E-state index contributed by atoms with van der Waals surface area (Å²) in [5.74, 6) is -8.98. The van der Waals surface area contributed by atoms with Crippen LogP contribution in [0.2, 0.25) is 0 Å². The Balaban J connectivity index is 1.43. The van der Waals surface area contributed by atoms with E-state index >= 15 is 0 Å². The molecule has 0 aromatic heterocycles. The SMILES string of the molecule is O=C1OC2(CC3OC2CC3C(=O)OCCC(F)(F)C(F)(F)S(=O)(=O)O)Oc2c(I)c(I)c(I)c(I)c21. The van der Waals surface area contributed by atoms with E-state index in [0.717, 1.165) is 7.14 Å². The van der Waals surface area contributed by atoms with E-state index in [9.17, 15) is 35.6 Å². The van der Waals surface area contributed by atoms with Crippen LogP contribution in [0.15, 0.2) is 0 Å². The van der Waals surface area contributed by atoms with Gasteiger partial charge < -0.3 is 18.9 Å². The van der Waals surface area contributed by atoms with Gasteiger partial charge in [-0.15, -0.1) is 0 Å². The van der Waals surface area contributed by atoms with E-state index in [1.807, 2.05) is 22.6 Å². The molecule has 3 aliphatic rings. The van der Waals surface area contributed by atoms with Crippen molar-refractivity contribution in [1.29, 1.82) is 0 Å². The Morgan fingerprint density at radius 1 is 1.08 bits per heavy atom. The van der Waals surface area contributed by atoms with Gasteiger partial charge in [-0.3, -0.25) is 9.35 Å². The molecule has 0 saturated carbocycles. The molecule has 1 aromatic carbocycles. The van der Waals surface area contributed by atoms with Crippen molar-refractivity contribution < 1.29 is 59.1 Å². The Morgan fingerprint density at radius 3 is 2.25 bits per heavy atom. The first-order valence-corrected chi connectivity index (χ1v) is 15.5. The van der Waals surface area contributed by atoms with Gasteiger partial charge in [-0.25, -0.2) is 4.79 Å². The number of hydrogen-bond donors (Lipinski definition) is 1. The summed E-state index contributed by atoms with van der Waals surface area (Å²) < 4.78 is 109. The zero-order chi connectivity index (χ0) is 27.0. The fourth-order valence-electron chi connectivity index (χ4n) is 4.10. The molecule has 4 atom stereocenters. The third-order valence-electron chi connectivity index (χ3n) is 5.91. The van der Waals surface area contributed by atoms with Gasteiger partial charge in [0.25, 0.3) is 5.79 Å². The number of rotatable bonds is 6. The van der Waals surface area contributed by atoms with Gasteiger partial charge in [0.05, 0.1) is 35.0 Å². The monoisotopic (exact) mass is 988 g/mol. The number of alkyl halides is 4. The molecule has 0 amide bonds. The molecular weight excluding hydrogens is 976 g/mol. The number of benzene rings is 1. The van der Waals surface area contributed by atoms with Crippen molar-refractivity contribution in [3.05, 3.63) is 19.8 Å². The van der Waals surface area contributed by atoms with Crippen LogP contribution in [0.1, 0.15) is 29.6 Å². The van der Waals surface area contributed by atoms with Gasteiger partial charge in [0.15, 0.2) is 5.75 Å². The van der Waals surface area contributed by atoms with E-state index in [2.05, 4.69) is 72.5 Å². The standard InChI is InChI=1S/C18H12F4I4O9S/c19-17(20,18(21,22)36(29,30)31)1-2-32-14(27)5-3-7-16(4-6(5)33-7)34-13-8(15(28)35-16)9(23)10(24)11(25)12(13)26/h5-7H,1-4H2,(H,29,30,31). The van der Waals surface area contributed by atoms with Crippen molar-refractivity contribution >= 4 is 112 Å². The number of carbonyl (C=O) groups is 2. The quantitative estimate of drug-likeness (QED) is 0.109. The van der Waals surface area contributed by atoms with E-state index in [1.54, 1.807) is 0 Å². The molecule has 36 heavy (non-hydrogen) atoms. The van der Waals surface area contributed by atoms with Crippen molar-refractivity contribution in [2.24, 2.45) is 5.92 Å². The van der Waals surface area contributed by atoms with Crippen molar-refractivity contribution in [2.75, 3.05) is 6.61 Å². The largest absolute Gasteiger partial charge is 0.465 e. The van der Waals surface area contributed by atoms with E-state index in [1.165, 1.54) is 0 Å². The number of esters is 2. The third kappa shape index (κ3) is 4.72. The van der Waals surface area contributed by atoms with Gasteiger partial charge in [0.2, 0.25) is 0 Å². The second-order valence-electron chi connectivity index (χ2n) is 8.09. The van der Waals surface area contributed by atoms with Crippen molar-refractivity contribution in [1.82, 2.24) is 0 Å². The summed E-state index contributed by atoms with van der Waals surface area (Å²) in [4.78, 5) is 25.3. The molecule has 2 bridgehead atoms. The van der Waals surface area contributed by atoms with Crippen LogP contribution in [0.3, 0.4) is 0 Å². The molecule has 3 aliphatic heterocycles. The number of halogens is 8. The molecule has 4 unspecified atom stereocenters. The van der Waals surface area contributed by atoms with E-state index < -0.39 is 70.2 Å². The minimum absolute atomic E-state index is 0.0567. The molecule has 9 nitrogen and oxygen atoms in total. The van der Waals surface area contributed by atoms with E-state index in [-0.39, 0.29) is 18.4 Å². The summed E-state index contributed by atoms with van der Waals surface area (Å²) in [7, 11) is -6.39. The molecule has 0 aliphatic carbocycles. The molecule has 3 heterocycles. The highest BCUT2D eigenvalue weighted by Gasteiger charge is 2.66. The normalized spacial score (nSPS) is 27.6. The number of hydrogen-bond acceptors (Lipinski definition) is 8. The highest BCUT2D eigenvalue weighted by Crippen LogP contribution is 2.53. The van der Waals surface area contributed by atoms with Crippen molar-refractivity contribution in [3.8, 4) is 5.75 Å². The topological polar surface area (TPSA) is 125 Å². The molecule has 0 radical (unpaired) electrons. The Hall–Kier alpha value is 0.470. The number of fused-ring (bicyclic) bond motifs is 4. The summed E-state index contributed by atoms with van der Waals surface area (Å²) in [6.07, 6.45) is -3.71. The van der Waals surface area contributed by atoms with Crippen LogP contribution in [0, 0.1) is 20.2 Å². The van der Waals surface area contributed by atoms with Crippen molar-refractivity contribution in [2.45, 2.75) is 48.4 Å². The molecule has 200 valence electrons. The number of ether oxygens (including phenoxy) is 4. The van der Waals surface area contributed by atoms with E-state index in [0.29, 0.717) is 12.9 Å². The zero-order valence-corrected chi connectivity index (χ0v) is 26.7. The molecule has 2 fully saturated rings. The van der Waals surface area contributed by atoms with Gasteiger partial charge in [0, 0.05) is 10.7 Å². The molecular formula is C18H12F4I4O9S. The first-order valence-electron chi connectivity index (χ1n) is 9.76. The van der Waals surface area contributed by atoms with Crippen LogP contribution in [0.5, 0.6) is 5.75 Å². The molecule has 18 heteroatoms. The molecule has 2 saturated heterocycles. The van der Waals surface area contributed by atoms with Crippen LogP contribution >= 0.6 is 90.4 Å². The van der Waals surface area contributed by atoms with Gasteiger partial charge in [-0.05, 0) is 96.8 Å². The fourth-order valence-corrected chi connectivity index (χ4v) is 8.05. The Labute approximate surface area is 255 Å². The lowest BCUT2D eigenvalue weighted by molar-refractivity contribution is -0.187. The average Bonchev–Trinajstić information content (AvgIpc) is 3.32. The van der Waals surface area contributed by atoms with Crippen LogP contribution in [-0.2, 0) is 29.1 Å². The smallest absolute Gasteiger partial charge is 0.431 e. The fraction of sp³-hybridized carbons (Fsp3) is 0.556. The summed E-state index contributed by atoms with van der Waals surface area (Å²) in [6, 6.07) is 0. The lowest BCUT2D eigenvalue weighted by Gasteiger charge is -2.40. The second kappa shape index (κ2) is 9.83. The predicted octanol–water partition coefficient (Wildman–Crippen LogP) is 4.58. The van der Waals surface area contributed by atoms with Gasteiger partial charge in [-0.2, -0.15) is 26.0 Å². The highest BCUT2D eigenvalue weighted by atomic mass is 127. The Kier molecular flexibility index (Phi) is 8.04. The maximum Gasteiger partial charge on any atom is 0.431 e. The predicted molar refractivity (Wildman–Crippen MR) is 144 cm³/mol. The lowest BCUT2D eigenvalue weighted by atomic mass is 9.84. The maximum absolute atomic E-state index is 13.6. The number of carbonyl (C=O) groups excluding carboxylic acids is 2. The maximum atomic E-state index is 13.6.